The molecule has 0 unspecified atom stereocenters. The average Bonchev–Trinajstić information content (AvgIpc) is 2.42. The minimum atomic E-state index is -1.16. The molecule has 0 saturated carbocycles. The number of halogens is 4. The Hall–Kier alpha value is -1.82. The monoisotopic (exact) mass is 343 g/mol. The fourth-order valence-electron chi connectivity index (χ4n) is 1.59. The molecule has 0 bridgehead atoms. The Bertz CT molecular complexity index is 620. The molecular formula is C14H9BrF3NO. The summed E-state index contributed by atoms with van der Waals surface area (Å²) in [6.07, 6.45) is 0. The highest BCUT2D eigenvalue weighted by molar-refractivity contribution is 9.08. The molecule has 0 radical (unpaired) electrons. The van der Waals surface area contributed by atoms with Crippen molar-refractivity contribution in [2.24, 2.45) is 0 Å². The lowest BCUT2D eigenvalue weighted by molar-refractivity contribution is 0.102. The molecule has 0 aliphatic carbocycles. The molecule has 20 heavy (non-hydrogen) atoms. The molecule has 0 atom stereocenters. The number of nitrogens with one attached hydrogen (secondary N) is 1. The van der Waals surface area contributed by atoms with Crippen molar-refractivity contribution in [3.8, 4) is 0 Å². The van der Waals surface area contributed by atoms with E-state index in [1.807, 2.05) is 0 Å². The zero-order valence-corrected chi connectivity index (χ0v) is 11.7. The second kappa shape index (κ2) is 6.09. The lowest BCUT2D eigenvalue weighted by atomic mass is 10.1. The summed E-state index contributed by atoms with van der Waals surface area (Å²) in [6.45, 7) is 0. The van der Waals surface area contributed by atoms with E-state index in [1.54, 1.807) is 12.1 Å². The molecule has 0 fully saturated rings. The standard InChI is InChI=1S/C14H9BrF3NO/c15-7-8-1-3-9(4-2-8)14(20)19-13-11(17)5-10(16)6-12(13)18/h1-6H,7H2,(H,19,20). The topological polar surface area (TPSA) is 29.1 Å². The van der Waals surface area contributed by atoms with Crippen molar-refractivity contribution in [1.29, 1.82) is 0 Å². The van der Waals surface area contributed by atoms with E-state index in [9.17, 15) is 18.0 Å². The number of carbonyl (C=O) groups is 1. The van der Waals surface area contributed by atoms with E-state index in [1.165, 1.54) is 12.1 Å². The van der Waals surface area contributed by atoms with Gasteiger partial charge in [-0.25, -0.2) is 13.2 Å². The van der Waals surface area contributed by atoms with Gasteiger partial charge in [-0.1, -0.05) is 28.1 Å². The second-order valence-electron chi connectivity index (χ2n) is 4.03. The first kappa shape index (κ1) is 14.6. The molecule has 1 N–H and O–H groups in total. The van der Waals surface area contributed by atoms with E-state index >= 15 is 0 Å². The fourth-order valence-corrected chi connectivity index (χ4v) is 1.97. The SMILES string of the molecule is O=C(Nc1c(F)cc(F)cc1F)c1ccc(CBr)cc1. The molecule has 0 heterocycles. The average molecular weight is 344 g/mol. The first-order valence-electron chi connectivity index (χ1n) is 5.62. The molecule has 2 nitrogen and oxygen atoms in total. The summed E-state index contributed by atoms with van der Waals surface area (Å²) in [7, 11) is 0. The Labute approximate surface area is 121 Å². The van der Waals surface area contributed by atoms with Crippen LogP contribution in [-0.2, 0) is 5.33 Å². The van der Waals surface area contributed by atoms with Crippen LogP contribution in [0, 0.1) is 17.5 Å². The molecule has 0 aliphatic heterocycles. The Kier molecular flexibility index (Phi) is 4.44. The maximum absolute atomic E-state index is 13.4. The number of hydrogen-bond acceptors (Lipinski definition) is 1. The third-order valence-corrected chi connectivity index (χ3v) is 3.26. The number of amides is 1. The van der Waals surface area contributed by atoms with E-state index in [4.69, 9.17) is 0 Å². The number of anilines is 1. The highest BCUT2D eigenvalue weighted by atomic mass is 79.9. The van der Waals surface area contributed by atoms with E-state index in [-0.39, 0.29) is 5.56 Å². The zero-order valence-electron chi connectivity index (χ0n) is 10.1. The van der Waals surface area contributed by atoms with E-state index < -0.39 is 29.0 Å². The minimum Gasteiger partial charge on any atom is -0.317 e. The lowest BCUT2D eigenvalue weighted by Gasteiger charge is -2.08. The minimum absolute atomic E-state index is 0.248. The summed E-state index contributed by atoms with van der Waals surface area (Å²) in [5.41, 5.74) is 0.541. The Morgan fingerprint density at radius 1 is 1.05 bits per heavy atom. The van der Waals surface area contributed by atoms with Crippen molar-refractivity contribution < 1.29 is 18.0 Å². The maximum Gasteiger partial charge on any atom is 0.255 e. The molecular weight excluding hydrogens is 335 g/mol. The molecule has 2 aromatic rings. The third-order valence-electron chi connectivity index (χ3n) is 2.62. The highest BCUT2D eigenvalue weighted by Crippen LogP contribution is 2.21. The number of carbonyl (C=O) groups excluding carboxylic acids is 1. The van der Waals surface area contributed by atoms with Crippen molar-refractivity contribution in [2.75, 3.05) is 5.32 Å². The van der Waals surface area contributed by atoms with Gasteiger partial charge in [-0.2, -0.15) is 0 Å². The number of alkyl halides is 1. The quantitative estimate of drug-likeness (QED) is 0.829. The van der Waals surface area contributed by atoms with Gasteiger partial charge in [0.15, 0.2) is 11.6 Å². The van der Waals surface area contributed by atoms with Crippen LogP contribution in [0.2, 0.25) is 0 Å². The van der Waals surface area contributed by atoms with E-state index in [0.29, 0.717) is 17.5 Å². The molecule has 104 valence electrons. The van der Waals surface area contributed by atoms with Crippen molar-refractivity contribution in [1.82, 2.24) is 0 Å². The van der Waals surface area contributed by atoms with Gasteiger partial charge in [0.05, 0.1) is 0 Å². The van der Waals surface area contributed by atoms with Crippen LogP contribution in [0.15, 0.2) is 36.4 Å². The Morgan fingerprint density at radius 3 is 2.10 bits per heavy atom. The van der Waals surface area contributed by atoms with Crippen molar-refractivity contribution in [3.05, 3.63) is 65.0 Å². The number of benzene rings is 2. The van der Waals surface area contributed by atoms with Crippen molar-refractivity contribution in [3.63, 3.8) is 0 Å². The zero-order chi connectivity index (χ0) is 14.7. The lowest BCUT2D eigenvalue weighted by Crippen LogP contribution is -2.14. The van der Waals surface area contributed by atoms with Crippen LogP contribution < -0.4 is 5.32 Å². The first-order valence-corrected chi connectivity index (χ1v) is 6.74. The number of rotatable bonds is 3. The van der Waals surface area contributed by atoms with E-state index in [0.717, 1.165) is 5.56 Å². The largest absolute Gasteiger partial charge is 0.317 e. The van der Waals surface area contributed by atoms with Gasteiger partial charge in [0.25, 0.3) is 5.91 Å². The smallest absolute Gasteiger partial charge is 0.255 e. The van der Waals surface area contributed by atoms with Gasteiger partial charge in [0.1, 0.15) is 11.5 Å². The van der Waals surface area contributed by atoms with Gasteiger partial charge in [-0.15, -0.1) is 0 Å². The van der Waals surface area contributed by atoms with Crippen molar-refractivity contribution >= 4 is 27.5 Å². The normalized spacial score (nSPS) is 10.4. The molecule has 1 amide bonds. The highest BCUT2D eigenvalue weighted by Gasteiger charge is 2.15. The van der Waals surface area contributed by atoms with Gasteiger partial charge >= 0.3 is 0 Å². The maximum atomic E-state index is 13.4. The second-order valence-corrected chi connectivity index (χ2v) is 4.59. The third kappa shape index (κ3) is 3.19. The van der Waals surface area contributed by atoms with Gasteiger partial charge in [-0.05, 0) is 17.7 Å². The summed E-state index contributed by atoms with van der Waals surface area (Å²) >= 11 is 3.26. The van der Waals surface area contributed by atoms with E-state index in [2.05, 4.69) is 21.2 Å². The predicted octanol–water partition coefficient (Wildman–Crippen LogP) is 4.25. The predicted molar refractivity (Wildman–Crippen MR) is 73.3 cm³/mol. The van der Waals surface area contributed by atoms with Crippen LogP contribution >= 0.6 is 15.9 Å². The Morgan fingerprint density at radius 2 is 1.60 bits per heavy atom. The van der Waals surface area contributed by atoms with Crippen molar-refractivity contribution in [2.45, 2.75) is 5.33 Å². The molecule has 0 saturated heterocycles. The Balaban J connectivity index is 2.23. The van der Waals surface area contributed by atoms with Crippen LogP contribution in [0.4, 0.5) is 18.9 Å². The summed E-state index contributed by atoms with van der Waals surface area (Å²) in [5, 5.41) is 2.73. The number of hydrogen-bond donors (Lipinski definition) is 1. The molecule has 0 aromatic heterocycles. The van der Waals surface area contributed by atoms with Crippen LogP contribution in [-0.4, -0.2) is 5.91 Å². The molecule has 6 heteroatoms. The summed E-state index contributed by atoms with van der Waals surface area (Å²) < 4.78 is 39.6. The first-order chi connectivity index (χ1) is 9.51. The summed E-state index contributed by atoms with van der Waals surface area (Å²) in [5.74, 6) is -4.03. The van der Waals surface area contributed by atoms with Crippen LogP contribution in [0.1, 0.15) is 15.9 Å². The fraction of sp³-hybridized carbons (Fsp3) is 0.0714. The van der Waals surface area contributed by atoms with Gasteiger partial charge in [0, 0.05) is 23.0 Å². The van der Waals surface area contributed by atoms with Crippen LogP contribution in [0.5, 0.6) is 0 Å². The van der Waals surface area contributed by atoms with Crippen LogP contribution in [0.25, 0.3) is 0 Å². The van der Waals surface area contributed by atoms with Crippen LogP contribution in [0.3, 0.4) is 0 Å². The summed E-state index contributed by atoms with van der Waals surface area (Å²) in [4.78, 5) is 11.9. The molecule has 0 spiro atoms. The summed E-state index contributed by atoms with van der Waals surface area (Å²) in [6, 6.07) is 7.50. The van der Waals surface area contributed by atoms with Gasteiger partial charge in [-0.3, -0.25) is 4.79 Å². The van der Waals surface area contributed by atoms with Gasteiger partial charge in [0.2, 0.25) is 0 Å². The molecule has 2 rings (SSSR count). The van der Waals surface area contributed by atoms with Gasteiger partial charge < -0.3 is 5.32 Å². The molecule has 2 aromatic carbocycles. The molecule has 0 aliphatic rings.